The van der Waals surface area contributed by atoms with E-state index in [4.69, 9.17) is 10.2 Å². The Balaban J connectivity index is 0.000000845. The molecule has 0 amide bonds. The highest BCUT2D eigenvalue weighted by atomic mass is 35.5. The Morgan fingerprint density at radius 1 is 1.62 bits per heavy atom. The fourth-order valence-electron chi connectivity index (χ4n) is 1.95. The summed E-state index contributed by atoms with van der Waals surface area (Å²) in [5, 5.41) is 0. The van der Waals surface area contributed by atoms with Crippen molar-refractivity contribution in [2.24, 2.45) is 5.92 Å². The summed E-state index contributed by atoms with van der Waals surface area (Å²) in [6, 6.07) is 0. The van der Waals surface area contributed by atoms with Crippen molar-refractivity contribution in [3.05, 3.63) is 17.6 Å². The van der Waals surface area contributed by atoms with Crippen molar-refractivity contribution in [3.63, 3.8) is 0 Å². The van der Waals surface area contributed by atoms with Crippen molar-refractivity contribution < 1.29 is 4.42 Å². The quantitative estimate of drug-likeness (QED) is 0.759. The van der Waals surface area contributed by atoms with E-state index in [2.05, 4.69) is 6.92 Å². The molecule has 0 aliphatic heterocycles. The van der Waals surface area contributed by atoms with Gasteiger partial charge in [0.05, 0.1) is 5.69 Å². The number of rotatable bonds is 1. The summed E-state index contributed by atoms with van der Waals surface area (Å²) >= 11 is 0. The molecule has 0 bridgehead atoms. The first-order valence-electron chi connectivity index (χ1n) is 4.66. The molecule has 1 aliphatic rings. The van der Waals surface area contributed by atoms with Crippen LogP contribution in [-0.4, -0.2) is 0 Å². The van der Waals surface area contributed by atoms with Gasteiger partial charge in [-0.05, 0) is 18.8 Å². The van der Waals surface area contributed by atoms with Crippen LogP contribution >= 0.6 is 12.4 Å². The molecule has 0 spiro atoms. The van der Waals surface area contributed by atoms with Gasteiger partial charge in [-0.1, -0.05) is 13.3 Å². The molecule has 0 fully saturated rings. The lowest BCUT2D eigenvalue weighted by Crippen LogP contribution is -2.12. The molecule has 0 saturated carbocycles. The highest BCUT2D eigenvalue weighted by Crippen LogP contribution is 2.32. The Labute approximate surface area is 84.9 Å². The van der Waals surface area contributed by atoms with E-state index in [0.29, 0.717) is 0 Å². The normalized spacial score (nSPS) is 20.5. The molecule has 3 heteroatoms. The number of anilines is 1. The average molecular weight is 202 g/mol. The van der Waals surface area contributed by atoms with Gasteiger partial charge >= 0.3 is 0 Å². The van der Waals surface area contributed by atoms with Gasteiger partial charge in [-0.3, -0.25) is 0 Å². The maximum Gasteiger partial charge on any atom is 0.114 e. The van der Waals surface area contributed by atoms with Crippen molar-refractivity contribution in [1.29, 1.82) is 0 Å². The molecule has 1 aromatic heterocycles. The van der Waals surface area contributed by atoms with Crippen LogP contribution in [0.1, 0.15) is 31.1 Å². The fourth-order valence-corrected chi connectivity index (χ4v) is 1.95. The van der Waals surface area contributed by atoms with Crippen molar-refractivity contribution in [1.82, 2.24) is 0 Å². The molecule has 2 N–H and O–H groups in total. The lowest BCUT2D eigenvalue weighted by molar-refractivity contribution is 0.396. The predicted octanol–water partition coefficient (Wildman–Crippen LogP) is 2.80. The zero-order chi connectivity index (χ0) is 8.55. The molecule has 1 atom stereocenters. The highest BCUT2D eigenvalue weighted by molar-refractivity contribution is 5.85. The summed E-state index contributed by atoms with van der Waals surface area (Å²) in [7, 11) is 0. The molecule has 0 radical (unpaired) electrons. The van der Waals surface area contributed by atoms with Crippen molar-refractivity contribution in [2.75, 3.05) is 5.73 Å². The second-order valence-electron chi connectivity index (χ2n) is 3.61. The number of hydrogen-bond donors (Lipinski definition) is 1. The molecule has 2 nitrogen and oxygen atoms in total. The number of furan rings is 1. The second kappa shape index (κ2) is 4.05. The summed E-state index contributed by atoms with van der Waals surface area (Å²) in [5.41, 5.74) is 7.91. The number of nitrogen functional groups attached to an aromatic ring is 1. The van der Waals surface area contributed by atoms with Crippen LogP contribution in [-0.2, 0) is 12.8 Å². The smallest absolute Gasteiger partial charge is 0.114 e. The third-order valence-corrected chi connectivity index (χ3v) is 2.86. The van der Waals surface area contributed by atoms with Gasteiger partial charge in [0.25, 0.3) is 0 Å². The van der Waals surface area contributed by atoms with Crippen molar-refractivity contribution in [3.8, 4) is 0 Å². The maximum absolute atomic E-state index is 5.78. The van der Waals surface area contributed by atoms with Crippen LogP contribution < -0.4 is 5.73 Å². The Bertz CT molecular complexity index is 282. The van der Waals surface area contributed by atoms with Gasteiger partial charge in [-0.25, -0.2) is 0 Å². The zero-order valence-corrected chi connectivity index (χ0v) is 8.69. The topological polar surface area (TPSA) is 39.2 Å². The summed E-state index contributed by atoms with van der Waals surface area (Å²) in [5.74, 6) is 1.94. The standard InChI is InChI=1S/C10H15NO.ClH/c1-2-7-3-4-10-8(5-7)9(11)6-12-10;/h6-7H,2-5,11H2,1H3;1H. The summed E-state index contributed by atoms with van der Waals surface area (Å²) in [4.78, 5) is 0. The third kappa shape index (κ3) is 1.83. The lowest BCUT2D eigenvalue weighted by Gasteiger charge is -2.19. The minimum atomic E-state index is 0. The Hall–Kier alpha value is -0.630. The Morgan fingerprint density at radius 3 is 3.08 bits per heavy atom. The SMILES string of the molecule is CCC1CCc2occ(N)c2C1.Cl. The van der Waals surface area contributed by atoms with Crippen LogP contribution in [0.3, 0.4) is 0 Å². The molecule has 0 aromatic carbocycles. The Morgan fingerprint density at radius 2 is 2.38 bits per heavy atom. The molecular formula is C10H16ClNO. The van der Waals surface area contributed by atoms with E-state index >= 15 is 0 Å². The maximum atomic E-state index is 5.78. The van der Waals surface area contributed by atoms with Crippen molar-refractivity contribution >= 4 is 18.1 Å². The Kier molecular flexibility index (Phi) is 3.26. The average Bonchev–Trinajstić information content (AvgIpc) is 2.47. The van der Waals surface area contributed by atoms with E-state index < -0.39 is 0 Å². The van der Waals surface area contributed by atoms with Crippen molar-refractivity contribution in [2.45, 2.75) is 32.6 Å². The second-order valence-corrected chi connectivity index (χ2v) is 3.61. The molecule has 1 unspecified atom stereocenters. The van der Waals surface area contributed by atoms with E-state index in [1.54, 1.807) is 6.26 Å². The number of halogens is 1. The first kappa shape index (κ1) is 10.5. The summed E-state index contributed by atoms with van der Waals surface area (Å²) in [6.07, 6.45) is 6.39. The van der Waals surface area contributed by atoms with Crippen LogP contribution in [0.2, 0.25) is 0 Å². The largest absolute Gasteiger partial charge is 0.467 e. The first-order chi connectivity index (χ1) is 5.81. The van der Waals surface area contributed by atoms with Crippen LogP contribution in [0, 0.1) is 5.92 Å². The molecule has 1 heterocycles. The molecular weight excluding hydrogens is 186 g/mol. The lowest BCUT2D eigenvalue weighted by atomic mass is 9.86. The summed E-state index contributed by atoms with van der Waals surface area (Å²) in [6.45, 7) is 2.24. The van der Waals surface area contributed by atoms with Crippen LogP contribution in [0.15, 0.2) is 10.7 Å². The zero-order valence-electron chi connectivity index (χ0n) is 7.88. The minimum absolute atomic E-state index is 0. The van der Waals surface area contributed by atoms with E-state index in [1.165, 1.54) is 18.4 Å². The minimum Gasteiger partial charge on any atom is -0.467 e. The van der Waals surface area contributed by atoms with Gasteiger partial charge in [0.1, 0.15) is 12.0 Å². The van der Waals surface area contributed by atoms with Crippen LogP contribution in [0.5, 0.6) is 0 Å². The van der Waals surface area contributed by atoms with Gasteiger partial charge in [0.2, 0.25) is 0 Å². The van der Waals surface area contributed by atoms with Crippen LogP contribution in [0.25, 0.3) is 0 Å². The number of aryl methyl sites for hydroxylation is 1. The molecule has 74 valence electrons. The molecule has 1 aliphatic carbocycles. The van der Waals surface area contributed by atoms with E-state index in [-0.39, 0.29) is 12.4 Å². The first-order valence-corrected chi connectivity index (χ1v) is 4.66. The van der Waals surface area contributed by atoms with E-state index in [0.717, 1.165) is 30.2 Å². The van der Waals surface area contributed by atoms with Gasteiger partial charge in [-0.2, -0.15) is 0 Å². The molecule has 2 rings (SSSR count). The number of hydrogen-bond acceptors (Lipinski definition) is 2. The van der Waals surface area contributed by atoms with Gasteiger partial charge < -0.3 is 10.2 Å². The highest BCUT2D eigenvalue weighted by Gasteiger charge is 2.21. The fraction of sp³-hybridized carbons (Fsp3) is 0.600. The summed E-state index contributed by atoms with van der Waals surface area (Å²) < 4.78 is 5.35. The number of fused-ring (bicyclic) bond motifs is 1. The third-order valence-electron chi connectivity index (χ3n) is 2.86. The molecule has 13 heavy (non-hydrogen) atoms. The monoisotopic (exact) mass is 201 g/mol. The predicted molar refractivity (Wildman–Crippen MR) is 56.2 cm³/mol. The van der Waals surface area contributed by atoms with Crippen LogP contribution in [0.4, 0.5) is 5.69 Å². The van der Waals surface area contributed by atoms with E-state index in [1.807, 2.05) is 0 Å². The van der Waals surface area contributed by atoms with Gasteiger partial charge in [-0.15, -0.1) is 12.4 Å². The van der Waals surface area contributed by atoms with Gasteiger partial charge in [0, 0.05) is 12.0 Å². The van der Waals surface area contributed by atoms with E-state index in [9.17, 15) is 0 Å². The molecule has 1 aromatic rings. The van der Waals surface area contributed by atoms with Gasteiger partial charge in [0.15, 0.2) is 0 Å². The number of nitrogens with two attached hydrogens (primary N) is 1. The molecule has 0 saturated heterocycles.